The molecule has 4 aliphatic heterocycles. The molecular weight excluding hydrogens is 1200 g/mol. The fourth-order valence-corrected chi connectivity index (χ4v) is 17.4. The number of aliphatic hydroxyl groups is 13. The molecule has 91 heavy (non-hydrogen) atoms. The van der Waals surface area contributed by atoms with E-state index in [1.54, 1.807) is 46.8 Å². The number of carboxylic acids is 1. The van der Waals surface area contributed by atoms with Gasteiger partial charge in [0.2, 0.25) is 0 Å². The van der Waals surface area contributed by atoms with Gasteiger partial charge in [0.1, 0.15) is 97.8 Å². The van der Waals surface area contributed by atoms with E-state index in [4.69, 9.17) is 47.4 Å². The maximum Gasteiger partial charge on any atom is 0.335 e. The van der Waals surface area contributed by atoms with Crippen LogP contribution in [-0.2, 0) is 66.5 Å². The van der Waals surface area contributed by atoms with Crippen LogP contribution in [0.2, 0.25) is 0 Å². The van der Waals surface area contributed by atoms with E-state index in [1.807, 2.05) is 13.8 Å². The van der Waals surface area contributed by atoms with Gasteiger partial charge in [0, 0.05) is 16.6 Å². The second-order valence-electron chi connectivity index (χ2n) is 28.5. The van der Waals surface area contributed by atoms with Crippen molar-refractivity contribution < 1.29 is 138 Å². The number of aliphatic carboxylic acids is 1. The Hall–Kier alpha value is -3.54. The molecule has 5 aliphatic carbocycles. The zero-order chi connectivity index (χ0) is 67.2. The molecule has 31 atom stereocenters. The highest BCUT2D eigenvalue weighted by molar-refractivity contribution is 5.89. The fourth-order valence-electron chi connectivity index (χ4n) is 17.4. The number of aliphatic hydroxyl groups excluding tert-OH is 13. The van der Waals surface area contributed by atoms with E-state index in [1.165, 1.54) is 0 Å². The molecule has 0 aromatic carbocycles. The van der Waals surface area contributed by atoms with Gasteiger partial charge in [-0.25, -0.2) is 14.4 Å². The molecule has 0 radical (unpaired) electrons. The molecule has 0 spiro atoms. The monoisotopic (exact) mass is 1300 g/mol. The number of hydrogen-bond donors (Lipinski definition) is 14. The Bertz CT molecular complexity index is 2740. The summed E-state index contributed by atoms with van der Waals surface area (Å²) in [6, 6.07) is 0. The van der Waals surface area contributed by atoms with E-state index >= 15 is 0 Å². The van der Waals surface area contributed by atoms with E-state index < -0.39 is 230 Å². The number of fused-ring (bicyclic) bond motifs is 7. The van der Waals surface area contributed by atoms with Gasteiger partial charge < -0.3 is 124 Å². The number of carbonyl (C=O) groups excluding carboxylic acids is 3. The Kier molecular flexibility index (Phi) is 21.1. The lowest BCUT2D eigenvalue weighted by Crippen LogP contribution is -2.72. The van der Waals surface area contributed by atoms with Crippen molar-refractivity contribution in [2.24, 2.45) is 50.2 Å². The first-order chi connectivity index (χ1) is 42.7. The van der Waals surface area contributed by atoms with Crippen LogP contribution in [0.5, 0.6) is 0 Å². The van der Waals surface area contributed by atoms with Gasteiger partial charge in [-0.15, -0.1) is 0 Å². The lowest BCUT2D eigenvalue weighted by molar-refractivity contribution is -0.400. The topological polar surface area (TPSA) is 444 Å². The summed E-state index contributed by atoms with van der Waals surface area (Å²) < 4.78 is 61.1. The summed E-state index contributed by atoms with van der Waals surface area (Å²) in [6.07, 6.45) is -34.1. The van der Waals surface area contributed by atoms with Crippen LogP contribution in [0, 0.1) is 50.2 Å². The summed E-state index contributed by atoms with van der Waals surface area (Å²) in [6.45, 7) is 15.4. The number of ether oxygens (including phenoxy) is 10. The van der Waals surface area contributed by atoms with Gasteiger partial charge in [-0.3, -0.25) is 0 Å². The third-order valence-electron chi connectivity index (χ3n) is 23.3. The summed E-state index contributed by atoms with van der Waals surface area (Å²) in [5, 5.41) is 155. The average molecular weight is 1300 g/mol. The number of carbonyl (C=O) groups is 4. The van der Waals surface area contributed by atoms with Crippen LogP contribution in [0.25, 0.3) is 0 Å². The van der Waals surface area contributed by atoms with Crippen LogP contribution < -0.4 is 0 Å². The molecule has 4 saturated carbocycles. The molecule has 4 heterocycles. The molecular formula is C63H96O28. The van der Waals surface area contributed by atoms with Crippen LogP contribution in [-0.4, -0.2) is 263 Å². The second kappa shape index (κ2) is 26.8. The Morgan fingerprint density at radius 3 is 1.69 bits per heavy atom. The first-order valence-corrected chi connectivity index (χ1v) is 31.6. The predicted molar refractivity (Wildman–Crippen MR) is 308 cm³/mol. The highest BCUT2D eigenvalue weighted by Gasteiger charge is 2.74. The molecule has 0 aromatic rings. The molecule has 28 nitrogen and oxygen atoms in total. The van der Waals surface area contributed by atoms with Crippen LogP contribution in [0.3, 0.4) is 0 Å². The maximum absolute atomic E-state index is 14.3. The van der Waals surface area contributed by atoms with Crippen LogP contribution in [0.1, 0.15) is 114 Å². The molecule has 516 valence electrons. The molecule has 0 bridgehead atoms. The first-order valence-electron chi connectivity index (χ1n) is 31.6. The predicted octanol–water partition coefficient (Wildman–Crippen LogP) is -1.70. The van der Waals surface area contributed by atoms with Crippen molar-refractivity contribution in [2.75, 3.05) is 26.4 Å². The number of rotatable bonds is 17. The number of aldehydes is 1. The largest absolute Gasteiger partial charge is 0.479 e. The highest BCUT2D eigenvalue weighted by Crippen LogP contribution is 2.76. The minimum Gasteiger partial charge on any atom is -0.479 e. The normalized spacial score (nSPS) is 50.0. The zero-order valence-corrected chi connectivity index (χ0v) is 53.1. The van der Waals surface area contributed by atoms with Gasteiger partial charge in [0.15, 0.2) is 37.4 Å². The van der Waals surface area contributed by atoms with E-state index in [-0.39, 0.29) is 24.3 Å². The molecule has 8 fully saturated rings. The third kappa shape index (κ3) is 11.9. The van der Waals surface area contributed by atoms with Gasteiger partial charge in [-0.2, -0.15) is 0 Å². The van der Waals surface area contributed by atoms with E-state index in [0.717, 1.165) is 11.9 Å². The number of esters is 2. The van der Waals surface area contributed by atoms with Gasteiger partial charge in [0.05, 0.1) is 49.5 Å². The summed E-state index contributed by atoms with van der Waals surface area (Å²) in [4.78, 5) is 55.0. The maximum atomic E-state index is 14.3. The van der Waals surface area contributed by atoms with Gasteiger partial charge in [0.25, 0.3) is 0 Å². The van der Waals surface area contributed by atoms with Crippen LogP contribution in [0.15, 0.2) is 34.9 Å². The average Bonchev–Trinajstić information content (AvgIpc) is 0.670. The van der Waals surface area contributed by atoms with Gasteiger partial charge in [-0.1, -0.05) is 65.3 Å². The Balaban J connectivity index is 1.06. The molecule has 28 heteroatoms. The van der Waals surface area contributed by atoms with E-state index in [9.17, 15) is 90.7 Å². The molecule has 14 N–H and O–H groups in total. The minimum atomic E-state index is -2.32. The molecule has 9 aliphatic rings. The van der Waals surface area contributed by atoms with Crippen LogP contribution >= 0.6 is 0 Å². The van der Waals surface area contributed by atoms with Crippen molar-refractivity contribution in [1.29, 1.82) is 0 Å². The summed E-state index contributed by atoms with van der Waals surface area (Å²) >= 11 is 0. The number of hydrogen-bond acceptors (Lipinski definition) is 27. The highest BCUT2D eigenvalue weighted by atomic mass is 16.8. The smallest absolute Gasteiger partial charge is 0.335 e. The van der Waals surface area contributed by atoms with Crippen molar-refractivity contribution in [3.05, 3.63) is 34.9 Å². The standard InChI is InChI=1S/C63H96O28/c1-11-26(3)52(80)90-49-50(91-53(81)27(4)12-2)63(25-67)29(19-58(49,5)6)28-13-14-34-59(7)17-16-36(60(8,24-66)33(59)15-18-61(34,9)62(28,10)20-35(63)69)85-57-48(89-55-43(76)41(74)39(72)32(22-65)84-55)45(44(77)46(87-57)51(78)79)86-56-47(37(70)30(68)23-82-56)88-54-42(75)40(73)38(71)31(21-64)83-54/h11-13,24,29-50,54-57,64-65,67-77H,14-23,25H2,1-10H3,(H,78,79)/t29-,30-,31+,32+,33+,34+,35+,36-,37-,38+,39-,40-,41-,42+,43+,44-,45-,46-,47+,48+,49-,50-,54-,55-,56-,57+,59-,60-,61+,62+,63-/m0/s1. The Labute approximate surface area is 527 Å². The Morgan fingerprint density at radius 2 is 1.16 bits per heavy atom. The number of allylic oxidation sites excluding steroid dienone is 4. The molecule has 9 rings (SSSR count). The molecule has 4 saturated heterocycles. The van der Waals surface area contributed by atoms with Gasteiger partial charge >= 0.3 is 17.9 Å². The summed E-state index contributed by atoms with van der Waals surface area (Å²) in [7, 11) is 0. The molecule has 0 amide bonds. The van der Waals surface area contributed by atoms with Crippen molar-refractivity contribution in [3.63, 3.8) is 0 Å². The summed E-state index contributed by atoms with van der Waals surface area (Å²) in [5.74, 6) is -4.38. The minimum absolute atomic E-state index is 0.0872. The van der Waals surface area contributed by atoms with Crippen molar-refractivity contribution in [2.45, 2.75) is 255 Å². The zero-order valence-electron chi connectivity index (χ0n) is 53.1. The molecule has 0 unspecified atom stereocenters. The summed E-state index contributed by atoms with van der Waals surface area (Å²) in [5.41, 5.74) is -4.39. The lowest BCUT2D eigenvalue weighted by atomic mass is 9.33. The first kappa shape index (κ1) is 71.7. The third-order valence-corrected chi connectivity index (χ3v) is 23.3. The lowest BCUT2D eigenvalue weighted by Gasteiger charge is -2.72. The SMILES string of the molecule is CC=C(C)C(=O)O[C@H]1[C@H](OC(=O)C(C)=CC)[C@]2(CO)[C@H](O)C[C@]3(C)C(=CC[C@@H]4[C@@]5(C)CC[C@H](O[C@@H]6O[C@H](C(=O)O)[C@@H](O)[C@H](O[C@@H]7OC[C@H](O)[C@H](O)[C@H]7O[C@@H]7O[C@H](CO)[C@@H](O)[C@H](O)[C@H]7O)[C@H]6O[C@@H]6O[C@H](CO)[C@H](O)[C@H](O)[C@H]6O)[C@@](C)(C=O)[C@@H]5CC[C@]43C)[C@@H]2CC1(C)C. The Morgan fingerprint density at radius 1 is 0.615 bits per heavy atom. The second-order valence-corrected chi connectivity index (χ2v) is 28.5. The van der Waals surface area contributed by atoms with Crippen LogP contribution in [0.4, 0.5) is 0 Å². The van der Waals surface area contributed by atoms with Crippen molar-refractivity contribution in [3.8, 4) is 0 Å². The number of carboxylic acid groups (broad SMARTS) is 1. The molecule has 0 aromatic heterocycles. The van der Waals surface area contributed by atoms with E-state index in [0.29, 0.717) is 37.7 Å². The van der Waals surface area contributed by atoms with Crippen molar-refractivity contribution >= 4 is 24.2 Å². The van der Waals surface area contributed by atoms with Gasteiger partial charge in [-0.05, 0) is 107 Å². The van der Waals surface area contributed by atoms with E-state index in [2.05, 4.69) is 26.8 Å². The van der Waals surface area contributed by atoms with Crippen molar-refractivity contribution in [1.82, 2.24) is 0 Å². The fraction of sp³-hybridized carbons (Fsp3) is 0.841. The quantitative estimate of drug-likeness (QED) is 0.0254.